The van der Waals surface area contributed by atoms with Crippen molar-refractivity contribution in [3.8, 4) is 0 Å². The largest absolute Gasteiger partial charge is 0.480 e. The summed E-state index contributed by atoms with van der Waals surface area (Å²) in [7, 11) is 0. The first kappa shape index (κ1) is 13.1. The number of carbonyl (C=O) groups excluding carboxylic acids is 1. The van der Waals surface area contributed by atoms with E-state index in [-0.39, 0.29) is 25.2 Å². The molecular weight excluding hydrogens is 256 g/mol. The summed E-state index contributed by atoms with van der Waals surface area (Å²) < 4.78 is 5.18. The molecule has 1 aliphatic rings. The Morgan fingerprint density at radius 2 is 2.28 bits per heavy atom. The van der Waals surface area contributed by atoms with Gasteiger partial charge < -0.3 is 9.84 Å². The van der Waals surface area contributed by atoms with Crippen LogP contribution in [0.3, 0.4) is 0 Å². The molecule has 1 aromatic rings. The van der Waals surface area contributed by atoms with Crippen LogP contribution in [0.1, 0.15) is 12.0 Å². The zero-order chi connectivity index (χ0) is 13.2. The lowest BCUT2D eigenvalue weighted by atomic mass is 9.76. The molecule has 2 rings (SSSR count). The van der Waals surface area contributed by atoms with Crippen LogP contribution >= 0.6 is 11.6 Å². The van der Waals surface area contributed by atoms with E-state index in [2.05, 4.69) is 0 Å². The quantitative estimate of drug-likeness (QED) is 0.851. The number of halogens is 1. The van der Waals surface area contributed by atoms with Crippen LogP contribution in [0.15, 0.2) is 24.3 Å². The summed E-state index contributed by atoms with van der Waals surface area (Å²) in [5, 5.41) is 9.88. The number of carbonyl (C=O) groups is 2. The molecule has 1 aromatic carbocycles. The van der Waals surface area contributed by atoms with Crippen LogP contribution < -0.4 is 0 Å². The van der Waals surface area contributed by atoms with E-state index in [0.717, 1.165) is 5.56 Å². The summed E-state index contributed by atoms with van der Waals surface area (Å²) in [5.74, 6) is -1.41. The summed E-state index contributed by atoms with van der Waals surface area (Å²) in [6.07, 6.45) is 0.259. The Morgan fingerprint density at radius 1 is 1.50 bits per heavy atom. The highest BCUT2D eigenvalue weighted by Gasteiger charge is 2.47. The van der Waals surface area contributed by atoms with Crippen molar-refractivity contribution in [1.29, 1.82) is 0 Å². The van der Waals surface area contributed by atoms with Gasteiger partial charge >= 0.3 is 5.97 Å². The van der Waals surface area contributed by atoms with Gasteiger partial charge in [0, 0.05) is 11.4 Å². The van der Waals surface area contributed by atoms with Crippen LogP contribution in [0.25, 0.3) is 0 Å². The van der Waals surface area contributed by atoms with Crippen molar-refractivity contribution in [3.63, 3.8) is 0 Å². The topological polar surface area (TPSA) is 63.6 Å². The first-order valence-corrected chi connectivity index (χ1v) is 6.01. The van der Waals surface area contributed by atoms with E-state index in [1.807, 2.05) is 0 Å². The Balaban J connectivity index is 2.31. The number of carboxylic acids is 1. The minimum Gasteiger partial charge on any atom is -0.480 e. The van der Waals surface area contributed by atoms with E-state index < -0.39 is 11.4 Å². The molecule has 4 nitrogen and oxygen atoms in total. The zero-order valence-corrected chi connectivity index (χ0v) is 10.4. The standard InChI is InChI=1S/C13H13ClO4/c14-10-3-1-2-9(6-10)7-13(12(16)17)8-18-5-4-11(13)15/h1-3,6H,4-5,7-8H2,(H,16,17). The van der Waals surface area contributed by atoms with Crippen molar-refractivity contribution in [2.75, 3.05) is 13.2 Å². The van der Waals surface area contributed by atoms with Crippen LogP contribution in [0.2, 0.25) is 5.02 Å². The number of ether oxygens (including phenoxy) is 1. The molecule has 1 heterocycles. The molecule has 1 fully saturated rings. The van der Waals surface area contributed by atoms with Gasteiger partial charge in [0.05, 0.1) is 13.2 Å². The van der Waals surface area contributed by atoms with Crippen molar-refractivity contribution < 1.29 is 19.4 Å². The molecule has 0 saturated carbocycles. The highest BCUT2D eigenvalue weighted by Crippen LogP contribution is 2.30. The van der Waals surface area contributed by atoms with Gasteiger partial charge in [-0.1, -0.05) is 23.7 Å². The molecule has 5 heteroatoms. The lowest BCUT2D eigenvalue weighted by molar-refractivity contribution is -0.164. The minimum atomic E-state index is -1.47. The number of hydrogen-bond donors (Lipinski definition) is 1. The van der Waals surface area contributed by atoms with Gasteiger partial charge in [0.25, 0.3) is 0 Å². The molecule has 0 spiro atoms. The number of hydrogen-bond acceptors (Lipinski definition) is 3. The molecule has 0 radical (unpaired) electrons. The van der Waals surface area contributed by atoms with Crippen molar-refractivity contribution >= 4 is 23.4 Å². The highest BCUT2D eigenvalue weighted by atomic mass is 35.5. The zero-order valence-electron chi connectivity index (χ0n) is 9.69. The number of rotatable bonds is 3. The van der Waals surface area contributed by atoms with Crippen LogP contribution in [-0.4, -0.2) is 30.1 Å². The number of benzene rings is 1. The lowest BCUT2D eigenvalue weighted by Gasteiger charge is -2.31. The number of aliphatic carboxylic acids is 1. The molecule has 18 heavy (non-hydrogen) atoms. The van der Waals surface area contributed by atoms with Gasteiger partial charge in [-0.2, -0.15) is 0 Å². The molecule has 0 aliphatic carbocycles. The van der Waals surface area contributed by atoms with E-state index in [1.54, 1.807) is 24.3 Å². The van der Waals surface area contributed by atoms with Crippen molar-refractivity contribution in [3.05, 3.63) is 34.9 Å². The van der Waals surface area contributed by atoms with E-state index >= 15 is 0 Å². The summed E-state index contributed by atoms with van der Waals surface area (Å²) in [6.45, 7) is 0.219. The molecule has 0 aromatic heterocycles. The van der Waals surface area contributed by atoms with Crippen molar-refractivity contribution in [2.45, 2.75) is 12.8 Å². The third-order valence-electron chi connectivity index (χ3n) is 3.16. The molecule has 1 saturated heterocycles. The van der Waals surface area contributed by atoms with E-state index in [0.29, 0.717) is 11.6 Å². The molecular formula is C13H13ClO4. The molecule has 96 valence electrons. The molecule has 1 atom stereocenters. The summed E-state index contributed by atoms with van der Waals surface area (Å²) in [6, 6.07) is 6.88. The number of carboxylic acid groups (broad SMARTS) is 1. The van der Waals surface area contributed by atoms with Gasteiger partial charge in [-0.25, -0.2) is 0 Å². The van der Waals surface area contributed by atoms with Crippen LogP contribution in [0, 0.1) is 5.41 Å². The predicted octanol–water partition coefficient (Wildman–Crippen LogP) is 1.94. The average Bonchev–Trinajstić information content (AvgIpc) is 2.32. The summed E-state index contributed by atoms with van der Waals surface area (Å²) in [5.41, 5.74) is -0.744. The third-order valence-corrected chi connectivity index (χ3v) is 3.40. The number of ketones is 1. The maximum atomic E-state index is 12.0. The maximum Gasteiger partial charge on any atom is 0.319 e. The third kappa shape index (κ3) is 2.40. The van der Waals surface area contributed by atoms with Gasteiger partial charge in [0.2, 0.25) is 0 Å². The Bertz CT molecular complexity index is 486. The van der Waals surface area contributed by atoms with Gasteiger partial charge in [-0.15, -0.1) is 0 Å². The Hall–Kier alpha value is -1.39. The lowest BCUT2D eigenvalue weighted by Crippen LogP contribution is -2.48. The second-order valence-electron chi connectivity index (χ2n) is 4.42. The SMILES string of the molecule is O=C(O)C1(Cc2cccc(Cl)c2)COCCC1=O. The molecule has 0 amide bonds. The molecule has 0 bridgehead atoms. The number of Topliss-reactive ketones (excluding diaryl/α,β-unsaturated/α-hetero) is 1. The second kappa shape index (κ2) is 5.08. The summed E-state index contributed by atoms with van der Waals surface area (Å²) >= 11 is 5.86. The summed E-state index contributed by atoms with van der Waals surface area (Å²) in [4.78, 5) is 23.4. The van der Waals surface area contributed by atoms with Gasteiger partial charge in [0.1, 0.15) is 0 Å². The minimum absolute atomic E-state index is 0.0757. The Kier molecular flexibility index (Phi) is 3.68. The highest BCUT2D eigenvalue weighted by molar-refractivity contribution is 6.30. The Labute approximate surface area is 110 Å². The fourth-order valence-electron chi connectivity index (χ4n) is 2.13. The average molecular weight is 269 g/mol. The predicted molar refractivity (Wildman–Crippen MR) is 65.7 cm³/mol. The van der Waals surface area contributed by atoms with Gasteiger partial charge in [0.15, 0.2) is 11.2 Å². The van der Waals surface area contributed by atoms with Gasteiger partial charge in [-0.3, -0.25) is 9.59 Å². The van der Waals surface area contributed by atoms with E-state index in [4.69, 9.17) is 16.3 Å². The Morgan fingerprint density at radius 3 is 2.89 bits per heavy atom. The van der Waals surface area contributed by atoms with Crippen molar-refractivity contribution in [2.24, 2.45) is 5.41 Å². The maximum absolute atomic E-state index is 12.0. The van der Waals surface area contributed by atoms with Crippen LogP contribution in [0.4, 0.5) is 0 Å². The smallest absolute Gasteiger partial charge is 0.319 e. The van der Waals surface area contributed by atoms with Gasteiger partial charge in [-0.05, 0) is 24.1 Å². The van der Waals surface area contributed by atoms with E-state index in [1.165, 1.54) is 0 Å². The second-order valence-corrected chi connectivity index (χ2v) is 4.86. The first-order valence-electron chi connectivity index (χ1n) is 5.63. The monoisotopic (exact) mass is 268 g/mol. The van der Waals surface area contributed by atoms with E-state index in [9.17, 15) is 14.7 Å². The fraction of sp³-hybridized carbons (Fsp3) is 0.385. The molecule has 1 aliphatic heterocycles. The van der Waals surface area contributed by atoms with Crippen molar-refractivity contribution in [1.82, 2.24) is 0 Å². The normalized spacial score (nSPS) is 23.9. The fourth-order valence-corrected chi connectivity index (χ4v) is 2.35. The van der Waals surface area contributed by atoms with Crippen LogP contribution in [-0.2, 0) is 20.7 Å². The molecule has 1 unspecified atom stereocenters. The van der Waals surface area contributed by atoms with Crippen LogP contribution in [0.5, 0.6) is 0 Å². The molecule has 1 N–H and O–H groups in total. The first-order chi connectivity index (χ1) is 8.54.